The zero-order chi connectivity index (χ0) is 16.1. The maximum Gasteiger partial charge on any atom is 0.254 e. The van der Waals surface area contributed by atoms with Crippen LogP contribution in [0.5, 0.6) is 0 Å². The second-order valence-electron chi connectivity index (χ2n) is 6.10. The van der Waals surface area contributed by atoms with Crippen LogP contribution in [0, 0.1) is 5.92 Å². The number of hydrazine groups is 1. The summed E-state index contributed by atoms with van der Waals surface area (Å²) in [5.74, 6) is 0.746. The van der Waals surface area contributed by atoms with Gasteiger partial charge in [0.25, 0.3) is 5.91 Å². The Hall–Kier alpha value is -1.04. The summed E-state index contributed by atoms with van der Waals surface area (Å²) >= 11 is 1.62. The topological polar surface area (TPSA) is 44.4 Å². The van der Waals surface area contributed by atoms with Crippen molar-refractivity contribution in [1.29, 1.82) is 0 Å². The molecule has 1 saturated heterocycles. The van der Waals surface area contributed by atoms with Crippen LogP contribution in [-0.2, 0) is 0 Å². The molecule has 1 aromatic carbocycles. The Labute approximate surface area is 138 Å². The molecule has 2 rings (SSSR count). The molecule has 122 valence electrons. The third-order valence-electron chi connectivity index (χ3n) is 4.54. The lowest BCUT2D eigenvalue weighted by atomic mass is 9.91. The van der Waals surface area contributed by atoms with E-state index in [9.17, 15) is 4.79 Å². The SMILES string of the molecule is CSc1ccccc1C(=O)N(C)CCCC1C(C)NNC1C. The molecule has 1 fully saturated rings. The molecule has 1 aliphatic heterocycles. The van der Waals surface area contributed by atoms with Crippen LogP contribution in [0.3, 0.4) is 0 Å². The van der Waals surface area contributed by atoms with Gasteiger partial charge in [-0.15, -0.1) is 11.8 Å². The molecule has 4 nitrogen and oxygen atoms in total. The van der Waals surface area contributed by atoms with Crippen molar-refractivity contribution in [2.45, 2.75) is 43.7 Å². The van der Waals surface area contributed by atoms with Crippen LogP contribution in [0.15, 0.2) is 29.2 Å². The normalized spacial score (nSPS) is 24.5. The van der Waals surface area contributed by atoms with Crippen LogP contribution in [-0.4, -0.2) is 42.7 Å². The van der Waals surface area contributed by atoms with Crippen molar-refractivity contribution < 1.29 is 4.79 Å². The number of benzene rings is 1. The van der Waals surface area contributed by atoms with Crippen molar-refractivity contribution in [3.8, 4) is 0 Å². The van der Waals surface area contributed by atoms with Gasteiger partial charge in [0.1, 0.15) is 0 Å². The Morgan fingerprint density at radius 3 is 2.50 bits per heavy atom. The van der Waals surface area contributed by atoms with E-state index < -0.39 is 0 Å². The van der Waals surface area contributed by atoms with Crippen molar-refractivity contribution in [1.82, 2.24) is 15.8 Å². The van der Waals surface area contributed by atoms with Gasteiger partial charge in [-0.2, -0.15) is 0 Å². The molecule has 0 saturated carbocycles. The molecule has 2 N–H and O–H groups in total. The van der Waals surface area contributed by atoms with Crippen LogP contribution in [0.4, 0.5) is 0 Å². The van der Waals surface area contributed by atoms with Gasteiger partial charge in [-0.25, -0.2) is 0 Å². The largest absolute Gasteiger partial charge is 0.342 e. The summed E-state index contributed by atoms with van der Waals surface area (Å²) in [7, 11) is 1.90. The van der Waals surface area contributed by atoms with E-state index in [1.54, 1.807) is 11.8 Å². The van der Waals surface area contributed by atoms with E-state index in [1.165, 1.54) is 0 Å². The smallest absolute Gasteiger partial charge is 0.254 e. The number of carbonyl (C=O) groups is 1. The first-order valence-electron chi connectivity index (χ1n) is 7.94. The molecule has 1 aromatic rings. The van der Waals surface area contributed by atoms with Crippen molar-refractivity contribution in [2.24, 2.45) is 5.92 Å². The van der Waals surface area contributed by atoms with E-state index in [-0.39, 0.29) is 5.91 Å². The first-order valence-corrected chi connectivity index (χ1v) is 9.16. The number of nitrogens with one attached hydrogen (secondary N) is 2. The van der Waals surface area contributed by atoms with E-state index in [0.717, 1.165) is 29.8 Å². The van der Waals surface area contributed by atoms with Crippen LogP contribution in [0.25, 0.3) is 0 Å². The molecule has 2 unspecified atom stereocenters. The summed E-state index contributed by atoms with van der Waals surface area (Å²) in [6.07, 6.45) is 4.17. The first-order chi connectivity index (χ1) is 10.5. The molecule has 0 aliphatic carbocycles. The summed E-state index contributed by atoms with van der Waals surface area (Å²) < 4.78 is 0. The summed E-state index contributed by atoms with van der Waals surface area (Å²) in [5, 5.41) is 0. The maximum absolute atomic E-state index is 12.6. The van der Waals surface area contributed by atoms with E-state index in [0.29, 0.717) is 18.0 Å². The van der Waals surface area contributed by atoms with Gasteiger partial charge in [0.15, 0.2) is 0 Å². The molecule has 1 aliphatic rings. The number of carbonyl (C=O) groups excluding carboxylic acids is 1. The van der Waals surface area contributed by atoms with Crippen molar-refractivity contribution >= 4 is 17.7 Å². The van der Waals surface area contributed by atoms with Gasteiger partial charge in [-0.05, 0) is 51.0 Å². The third kappa shape index (κ3) is 4.03. The molecule has 5 heteroatoms. The summed E-state index contributed by atoms with van der Waals surface area (Å²) in [6.45, 7) is 5.23. The second kappa shape index (κ2) is 7.99. The molecule has 1 heterocycles. The lowest BCUT2D eigenvalue weighted by molar-refractivity contribution is 0.0787. The Kier molecular flexibility index (Phi) is 6.29. The van der Waals surface area contributed by atoms with Gasteiger partial charge < -0.3 is 4.90 Å². The van der Waals surface area contributed by atoms with Crippen molar-refractivity contribution in [3.63, 3.8) is 0 Å². The van der Waals surface area contributed by atoms with Gasteiger partial charge in [0.2, 0.25) is 0 Å². The molecule has 2 atom stereocenters. The molecule has 0 spiro atoms. The van der Waals surface area contributed by atoms with E-state index in [1.807, 2.05) is 42.5 Å². The predicted molar refractivity (Wildman–Crippen MR) is 93.1 cm³/mol. The Morgan fingerprint density at radius 2 is 1.86 bits per heavy atom. The van der Waals surface area contributed by atoms with E-state index in [4.69, 9.17) is 0 Å². The first kappa shape index (κ1) is 17.3. The number of hydrogen-bond acceptors (Lipinski definition) is 4. The number of hydrogen-bond donors (Lipinski definition) is 2. The molecule has 0 radical (unpaired) electrons. The predicted octanol–water partition coefficient (Wildman–Crippen LogP) is 2.76. The van der Waals surface area contributed by atoms with Gasteiger partial charge in [-0.3, -0.25) is 15.6 Å². The van der Waals surface area contributed by atoms with Crippen molar-refractivity contribution in [3.05, 3.63) is 29.8 Å². The molecular formula is C17H27N3OS. The molecule has 0 bridgehead atoms. The molecule has 0 aromatic heterocycles. The minimum atomic E-state index is 0.119. The van der Waals surface area contributed by atoms with Gasteiger partial charge in [0.05, 0.1) is 5.56 Å². The molecule has 1 amide bonds. The lowest BCUT2D eigenvalue weighted by Gasteiger charge is -2.21. The van der Waals surface area contributed by atoms with Gasteiger partial charge in [0, 0.05) is 30.6 Å². The number of amides is 1. The minimum absolute atomic E-state index is 0.119. The highest BCUT2D eigenvalue weighted by Crippen LogP contribution is 2.22. The highest BCUT2D eigenvalue weighted by Gasteiger charge is 2.29. The zero-order valence-corrected chi connectivity index (χ0v) is 14.7. The third-order valence-corrected chi connectivity index (χ3v) is 5.33. The van der Waals surface area contributed by atoms with Crippen LogP contribution >= 0.6 is 11.8 Å². The average molecular weight is 321 g/mol. The van der Waals surface area contributed by atoms with Crippen LogP contribution in [0.2, 0.25) is 0 Å². The monoisotopic (exact) mass is 321 g/mol. The molecule has 22 heavy (non-hydrogen) atoms. The Bertz CT molecular complexity index is 498. The fraction of sp³-hybridized carbons (Fsp3) is 0.588. The Balaban J connectivity index is 1.86. The van der Waals surface area contributed by atoms with Crippen molar-refractivity contribution in [2.75, 3.05) is 19.8 Å². The standard InChI is InChI=1S/C17H27N3OS/c1-12-14(13(2)19-18-12)9-7-11-20(3)17(21)15-8-5-6-10-16(15)22-4/h5-6,8,10,12-14,18-19H,7,9,11H2,1-4H3. The Morgan fingerprint density at radius 1 is 1.23 bits per heavy atom. The number of nitrogens with zero attached hydrogens (tertiary/aromatic N) is 1. The van der Waals surface area contributed by atoms with Gasteiger partial charge in [-0.1, -0.05) is 12.1 Å². The summed E-state index contributed by atoms with van der Waals surface area (Å²) in [4.78, 5) is 15.5. The van der Waals surface area contributed by atoms with Gasteiger partial charge >= 0.3 is 0 Å². The van der Waals surface area contributed by atoms with Crippen LogP contribution in [0.1, 0.15) is 37.0 Å². The molecular weight excluding hydrogens is 294 g/mol. The fourth-order valence-electron chi connectivity index (χ4n) is 3.10. The zero-order valence-electron chi connectivity index (χ0n) is 13.9. The lowest BCUT2D eigenvalue weighted by Crippen LogP contribution is -2.30. The second-order valence-corrected chi connectivity index (χ2v) is 6.95. The van der Waals surface area contributed by atoms with Crippen LogP contribution < -0.4 is 10.9 Å². The highest BCUT2D eigenvalue weighted by atomic mass is 32.2. The highest BCUT2D eigenvalue weighted by molar-refractivity contribution is 7.98. The van der Waals surface area contributed by atoms with E-state index in [2.05, 4.69) is 24.7 Å². The summed E-state index contributed by atoms with van der Waals surface area (Å²) in [5.41, 5.74) is 7.38. The quantitative estimate of drug-likeness (QED) is 0.791. The number of thioether (sulfide) groups is 1. The average Bonchev–Trinajstić information content (AvgIpc) is 2.85. The fourth-order valence-corrected chi connectivity index (χ4v) is 3.69. The van der Waals surface area contributed by atoms with E-state index >= 15 is 0 Å². The summed E-state index contributed by atoms with van der Waals surface area (Å²) in [6, 6.07) is 8.82. The maximum atomic E-state index is 12.6. The number of rotatable bonds is 6. The minimum Gasteiger partial charge on any atom is -0.342 e.